The van der Waals surface area contributed by atoms with Crippen LogP contribution in [0.5, 0.6) is 0 Å². The zero-order valence-corrected chi connectivity index (χ0v) is 16.8. The van der Waals surface area contributed by atoms with Gasteiger partial charge in [0.05, 0.1) is 0 Å². The maximum Gasteiger partial charge on any atom is 0.414 e. The van der Waals surface area contributed by atoms with Crippen LogP contribution in [0.25, 0.3) is 0 Å². The molecule has 2 atom stereocenters. The van der Waals surface area contributed by atoms with E-state index in [1.807, 2.05) is 6.92 Å². The summed E-state index contributed by atoms with van der Waals surface area (Å²) in [5.74, 6) is -0.0576. The van der Waals surface area contributed by atoms with Gasteiger partial charge in [0.25, 0.3) is 5.91 Å². The van der Waals surface area contributed by atoms with Crippen molar-refractivity contribution in [1.82, 2.24) is 10.6 Å². The van der Waals surface area contributed by atoms with Gasteiger partial charge in [0.1, 0.15) is 5.60 Å². The minimum absolute atomic E-state index is 0.146. The molecular formula is C20H31N3O3. The SMILES string of the molecule is C=CC1=C(C)CC(CC)(CCC)C12N=C(NC(=O)OC(C)(C)C)NC2=O. The lowest BCUT2D eigenvalue weighted by Crippen LogP contribution is -2.52. The molecular weight excluding hydrogens is 330 g/mol. The topological polar surface area (TPSA) is 79.8 Å². The first-order chi connectivity index (χ1) is 12.0. The van der Waals surface area contributed by atoms with Crippen molar-refractivity contribution in [1.29, 1.82) is 0 Å². The van der Waals surface area contributed by atoms with Crippen LogP contribution in [-0.4, -0.2) is 29.1 Å². The van der Waals surface area contributed by atoms with Crippen LogP contribution in [0.3, 0.4) is 0 Å². The molecule has 2 amide bonds. The summed E-state index contributed by atoms with van der Waals surface area (Å²) in [5, 5.41) is 5.33. The van der Waals surface area contributed by atoms with E-state index in [4.69, 9.17) is 9.73 Å². The van der Waals surface area contributed by atoms with Gasteiger partial charge >= 0.3 is 6.09 Å². The van der Waals surface area contributed by atoms with Crippen molar-refractivity contribution in [2.75, 3.05) is 0 Å². The highest BCUT2D eigenvalue weighted by molar-refractivity contribution is 6.13. The van der Waals surface area contributed by atoms with Crippen molar-refractivity contribution >= 4 is 18.0 Å². The van der Waals surface area contributed by atoms with Gasteiger partial charge in [-0.3, -0.25) is 15.4 Å². The van der Waals surface area contributed by atoms with E-state index in [0.29, 0.717) is 0 Å². The summed E-state index contributed by atoms with van der Waals surface area (Å²) in [6.45, 7) is 15.5. The minimum Gasteiger partial charge on any atom is -0.444 e. The fourth-order valence-corrected chi connectivity index (χ4v) is 4.40. The molecule has 1 spiro atoms. The Morgan fingerprint density at radius 3 is 2.58 bits per heavy atom. The van der Waals surface area contributed by atoms with Gasteiger partial charge in [-0.15, -0.1) is 0 Å². The van der Waals surface area contributed by atoms with Crippen LogP contribution in [0.15, 0.2) is 28.8 Å². The molecule has 0 aromatic carbocycles. The molecule has 0 aromatic rings. The first-order valence-corrected chi connectivity index (χ1v) is 9.29. The Hall–Kier alpha value is -2.11. The molecule has 0 aromatic heterocycles. The Morgan fingerprint density at radius 1 is 1.42 bits per heavy atom. The molecule has 0 saturated heterocycles. The first kappa shape index (κ1) is 20.2. The number of carbonyl (C=O) groups is 2. The number of nitrogens with one attached hydrogen (secondary N) is 2. The quantitative estimate of drug-likeness (QED) is 0.798. The molecule has 0 fully saturated rings. The van der Waals surface area contributed by atoms with Crippen LogP contribution < -0.4 is 10.6 Å². The van der Waals surface area contributed by atoms with Crippen molar-refractivity contribution < 1.29 is 14.3 Å². The molecule has 6 nitrogen and oxygen atoms in total. The first-order valence-electron chi connectivity index (χ1n) is 9.29. The van der Waals surface area contributed by atoms with E-state index in [1.165, 1.54) is 0 Å². The largest absolute Gasteiger partial charge is 0.444 e. The molecule has 1 heterocycles. The van der Waals surface area contributed by atoms with E-state index in [9.17, 15) is 9.59 Å². The Bertz CT molecular complexity index is 687. The second-order valence-electron chi connectivity index (χ2n) is 8.21. The lowest BCUT2D eigenvalue weighted by Gasteiger charge is -2.40. The fraction of sp³-hybridized carbons (Fsp3) is 0.650. The minimum atomic E-state index is -1.03. The monoisotopic (exact) mass is 361 g/mol. The third kappa shape index (κ3) is 3.17. The van der Waals surface area contributed by atoms with E-state index >= 15 is 0 Å². The van der Waals surface area contributed by atoms with Gasteiger partial charge in [0, 0.05) is 5.41 Å². The highest BCUT2D eigenvalue weighted by Gasteiger charge is 2.63. The van der Waals surface area contributed by atoms with Gasteiger partial charge in [-0.05, 0) is 52.5 Å². The van der Waals surface area contributed by atoms with E-state index in [2.05, 4.69) is 31.1 Å². The van der Waals surface area contributed by atoms with E-state index in [0.717, 1.165) is 36.8 Å². The van der Waals surface area contributed by atoms with Crippen LogP contribution in [-0.2, 0) is 9.53 Å². The molecule has 0 saturated carbocycles. The van der Waals surface area contributed by atoms with Gasteiger partial charge in [-0.1, -0.05) is 38.5 Å². The van der Waals surface area contributed by atoms with Crippen LogP contribution in [0, 0.1) is 5.41 Å². The lowest BCUT2D eigenvalue weighted by atomic mass is 9.64. The third-order valence-electron chi connectivity index (χ3n) is 5.29. The molecule has 144 valence electrons. The normalized spacial score (nSPS) is 28.2. The van der Waals surface area contributed by atoms with Crippen LogP contribution in [0.4, 0.5) is 4.79 Å². The number of hydrogen-bond donors (Lipinski definition) is 2. The molecule has 0 bridgehead atoms. The number of ether oxygens (including phenoxy) is 1. The van der Waals surface area contributed by atoms with Crippen molar-refractivity contribution in [2.24, 2.45) is 10.4 Å². The molecule has 6 heteroatoms. The van der Waals surface area contributed by atoms with E-state index in [-0.39, 0.29) is 17.3 Å². The maximum absolute atomic E-state index is 13.1. The Labute approximate surface area is 156 Å². The van der Waals surface area contributed by atoms with Crippen LogP contribution in [0.2, 0.25) is 0 Å². The summed E-state index contributed by atoms with van der Waals surface area (Å²) in [6, 6.07) is 0. The second-order valence-corrected chi connectivity index (χ2v) is 8.21. The van der Waals surface area contributed by atoms with Crippen molar-refractivity contribution in [3.63, 3.8) is 0 Å². The number of alkyl carbamates (subject to hydrolysis) is 1. The molecule has 2 rings (SSSR count). The predicted octanol–water partition coefficient (Wildman–Crippen LogP) is 3.84. The average Bonchev–Trinajstić information content (AvgIpc) is 2.94. The number of allylic oxidation sites excluding steroid dienone is 1. The number of aliphatic imine (C=N–C) groups is 1. The van der Waals surface area contributed by atoms with Gasteiger partial charge in [0.15, 0.2) is 5.54 Å². The van der Waals surface area contributed by atoms with Gasteiger partial charge < -0.3 is 4.74 Å². The smallest absolute Gasteiger partial charge is 0.414 e. The van der Waals surface area contributed by atoms with Crippen LogP contribution >= 0.6 is 0 Å². The average molecular weight is 361 g/mol. The third-order valence-corrected chi connectivity index (χ3v) is 5.29. The molecule has 26 heavy (non-hydrogen) atoms. The predicted molar refractivity (Wildman–Crippen MR) is 103 cm³/mol. The number of amides is 2. The Morgan fingerprint density at radius 2 is 2.08 bits per heavy atom. The number of guanidine groups is 1. The van der Waals surface area contributed by atoms with Gasteiger partial charge in [-0.25, -0.2) is 9.79 Å². The standard InChI is InChI=1S/C20H31N3O3/c1-8-11-19(10-3)12-13(4)14(9-2)20(19)15(24)21-16(23-20)22-17(25)26-18(5,6)7/h9H,2,8,10-12H2,1,3-7H3,(H2,21,22,23,24,25). The molecule has 0 radical (unpaired) electrons. The van der Waals surface area contributed by atoms with Gasteiger partial charge in [0.2, 0.25) is 5.96 Å². The highest BCUT2D eigenvalue weighted by atomic mass is 16.6. The Kier molecular flexibility index (Phi) is 5.36. The van der Waals surface area contributed by atoms with Crippen LogP contribution in [0.1, 0.15) is 67.2 Å². The second kappa shape index (κ2) is 6.89. The summed E-state index contributed by atoms with van der Waals surface area (Å²) >= 11 is 0. The molecule has 2 unspecified atom stereocenters. The van der Waals surface area contributed by atoms with Crippen molar-refractivity contribution in [3.8, 4) is 0 Å². The van der Waals surface area contributed by atoms with E-state index in [1.54, 1.807) is 26.8 Å². The summed E-state index contributed by atoms with van der Waals surface area (Å²) < 4.78 is 5.27. The molecule has 2 aliphatic rings. The summed E-state index contributed by atoms with van der Waals surface area (Å²) in [6.07, 6.45) is 4.54. The number of carbonyl (C=O) groups excluding carboxylic acids is 2. The number of rotatable bonds is 4. The summed E-state index contributed by atoms with van der Waals surface area (Å²) in [4.78, 5) is 30.0. The highest BCUT2D eigenvalue weighted by Crippen LogP contribution is 2.58. The number of nitrogens with zero attached hydrogens (tertiary/aromatic N) is 1. The fourth-order valence-electron chi connectivity index (χ4n) is 4.40. The lowest BCUT2D eigenvalue weighted by molar-refractivity contribution is -0.126. The molecule has 2 N–H and O–H groups in total. The maximum atomic E-state index is 13.1. The van der Waals surface area contributed by atoms with Crippen molar-refractivity contribution in [2.45, 2.75) is 78.4 Å². The zero-order valence-electron chi connectivity index (χ0n) is 16.8. The molecule has 1 aliphatic carbocycles. The van der Waals surface area contributed by atoms with E-state index < -0.39 is 17.2 Å². The Balaban J connectivity index is 2.45. The zero-order chi connectivity index (χ0) is 19.8. The number of hydrogen-bond acceptors (Lipinski definition) is 4. The summed E-state index contributed by atoms with van der Waals surface area (Å²) in [7, 11) is 0. The molecule has 1 aliphatic heterocycles. The summed E-state index contributed by atoms with van der Waals surface area (Å²) in [5.41, 5.74) is 0.0142. The van der Waals surface area contributed by atoms with Gasteiger partial charge in [-0.2, -0.15) is 0 Å². The van der Waals surface area contributed by atoms with Crippen molar-refractivity contribution in [3.05, 3.63) is 23.8 Å².